The molecule has 3 rings (SSSR count). The molecular weight excluding hydrogens is 451 g/mol. The van der Waals surface area contributed by atoms with Crippen molar-refractivity contribution >= 4 is 29.7 Å². The largest absolute Gasteiger partial charge is 1.00 e. The Hall–Kier alpha value is -1.51. The number of urea groups is 1. The van der Waals surface area contributed by atoms with Crippen molar-refractivity contribution in [2.75, 3.05) is 26.2 Å². The van der Waals surface area contributed by atoms with E-state index in [1.165, 1.54) is 11.8 Å². The summed E-state index contributed by atoms with van der Waals surface area (Å²) in [5.74, 6) is -4.90. The van der Waals surface area contributed by atoms with Crippen molar-refractivity contribution in [1.82, 2.24) is 20.0 Å². The summed E-state index contributed by atoms with van der Waals surface area (Å²) in [6, 6.07) is -0.794. The predicted molar refractivity (Wildman–Crippen MR) is 100 cm³/mol. The first-order valence-corrected chi connectivity index (χ1v) is 9.94. The van der Waals surface area contributed by atoms with Crippen molar-refractivity contribution in [2.24, 2.45) is 11.3 Å². The topological polar surface area (TPSA) is 160 Å². The van der Waals surface area contributed by atoms with E-state index < -0.39 is 59.1 Å². The van der Waals surface area contributed by atoms with Gasteiger partial charge in [-0.05, 0) is 13.8 Å². The maximum atomic E-state index is 12.5. The van der Waals surface area contributed by atoms with Crippen LogP contribution >= 0.6 is 0 Å². The van der Waals surface area contributed by atoms with Crippen LogP contribution in [0.15, 0.2) is 11.5 Å². The quantitative estimate of drug-likeness (QED) is 0.218. The van der Waals surface area contributed by atoms with Crippen LogP contribution in [0.25, 0.3) is 0 Å². The van der Waals surface area contributed by atoms with Crippen LogP contribution in [0.3, 0.4) is 0 Å². The van der Waals surface area contributed by atoms with Crippen LogP contribution in [0.1, 0.15) is 27.7 Å². The van der Waals surface area contributed by atoms with Crippen LogP contribution in [0.2, 0.25) is 0 Å². The zero-order chi connectivity index (χ0) is 23.2. The van der Waals surface area contributed by atoms with Gasteiger partial charge in [0.15, 0.2) is 6.23 Å². The first kappa shape index (κ1) is 26.7. The minimum absolute atomic E-state index is 0. The molecule has 0 radical (unpaired) electrons. The zero-order valence-corrected chi connectivity index (χ0v) is 21.8. The second kappa shape index (κ2) is 9.77. The maximum Gasteiger partial charge on any atom is 1.00 e. The molecule has 0 saturated carbocycles. The van der Waals surface area contributed by atoms with Crippen molar-refractivity contribution in [2.45, 2.75) is 40.0 Å². The van der Waals surface area contributed by atoms with Gasteiger partial charge >= 0.3 is 69.2 Å². The number of aliphatic hydroxyl groups is 1. The summed E-state index contributed by atoms with van der Waals surface area (Å²) < 4.78 is 5.70. The number of nitrogens with one attached hydrogen (secondary N) is 1. The van der Waals surface area contributed by atoms with Crippen LogP contribution < -0.4 is 61.8 Å². The minimum atomic E-state index is -1.62. The number of aliphatic carboxylic acids is 1. The third-order valence-corrected chi connectivity index (χ3v) is 5.72. The van der Waals surface area contributed by atoms with Crippen molar-refractivity contribution in [3.05, 3.63) is 11.5 Å². The second-order valence-corrected chi connectivity index (χ2v) is 8.33. The average molecular weight is 477 g/mol. The van der Waals surface area contributed by atoms with E-state index in [2.05, 4.69) is 5.32 Å². The molecule has 3 atom stereocenters. The number of hydrogen-bond donors (Lipinski definition) is 2. The number of nitrogens with zero attached hydrogens (tertiary/aromatic N) is 3. The molecule has 32 heavy (non-hydrogen) atoms. The monoisotopic (exact) mass is 476 g/mol. The van der Waals surface area contributed by atoms with Gasteiger partial charge in [0.2, 0.25) is 5.91 Å². The van der Waals surface area contributed by atoms with E-state index >= 15 is 0 Å². The molecule has 0 aromatic heterocycles. The Morgan fingerprint density at radius 3 is 2.41 bits per heavy atom. The van der Waals surface area contributed by atoms with Crippen molar-refractivity contribution in [3.8, 4) is 0 Å². The van der Waals surface area contributed by atoms with Gasteiger partial charge in [0.05, 0.1) is 12.1 Å². The van der Waals surface area contributed by atoms with E-state index in [1.807, 2.05) is 0 Å². The summed E-state index contributed by atoms with van der Waals surface area (Å²) in [4.78, 5) is 63.7. The summed E-state index contributed by atoms with van der Waals surface area (Å²) in [6.45, 7) is 6.76. The third kappa shape index (κ3) is 4.46. The summed E-state index contributed by atoms with van der Waals surface area (Å²) in [5.41, 5.74) is -1.56. The number of carbonyl (C=O) groups is 5. The Morgan fingerprint density at radius 1 is 1.25 bits per heavy atom. The van der Waals surface area contributed by atoms with Gasteiger partial charge in [-0.15, -0.1) is 0 Å². The molecule has 5 amide bonds. The number of likely N-dealkylation sites (N-methyl/N-ethyl adjacent to an activating group) is 1. The molecule has 3 aliphatic rings. The van der Waals surface area contributed by atoms with Crippen LogP contribution in [0.4, 0.5) is 4.79 Å². The Morgan fingerprint density at radius 2 is 1.88 bits per heavy atom. The number of amides is 5. The normalized spacial score (nSPS) is 23.9. The molecule has 0 spiro atoms. The summed E-state index contributed by atoms with van der Waals surface area (Å²) >= 11 is 0. The second-order valence-electron chi connectivity index (χ2n) is 8.33. The van der Waals surface area contributed by atoms with Gasteiger partial charge in [-0.3, -0.25) is 24.2 Å². The average Bonchev–Trinajstić information content (AvgIpc) is 3.04. The predicted octanol–water partition coefficient (Wildman–Crippen LogP) is -5.43. The summed E-state index contributed by atoms with van der Waals surface area (Å²) in [7, 11) is 0. The van der Waals surface area contributed by atoms with Gasteiger partial charge in [0.1, 0.15) is 17.4 Å². The van der Waals surface area contributed by atoms with Gasteiger partial charge in [0, 0.05) is 31.6 Å². The molecule has 0 aliphatic carbocycles. The molecule has 2 saturated heterocycles. The van der Waals surface area contributed by atoms with Gasteiger partial charge in [0.25, 0.3) is 0 Å². The molecule has 0 bridgehead atoms. The number of β-lactam (4-membered cyclic amide) rings is 1. The Kier molecular flexibility index (Phi) is 8.16. The molecule has 170 valence electrons. The van der Waals surface area contributed by atoms with Gasteiger partial charge in [-0.25, -0.2) is 4.79 Å². The molecule has 3 aliphatic heterocycles. The van der Waals surface area contributed by atoms with Crippen LogP contribution in [0.5, 0.6) is 0 Å². The summed E-state index contributed by atoms with van der Waals surface area (Å²) in [5, 5.41) is 24.0. The zero-order valence-electron chi connectivity index (χ0n) is 18.7. The van der Waals surface area contributed by atoms with Crippen molar-refractivity contribution in [1.29, 1.82) is 0 Å². The van der Waals surface area contributed by atoms with E-state index in [1.54, 1.807) is 20.8 Å². The minimum Gasteiger partial charge on any atom is -0.543 e. The Bertz CT molecular complexity index is 887. The SMILES string of the molecule is CCN1CCN(C(=O)NCC(C)(C)C2=C(C(=O)[O-])N3C(=O)[C@H]([C@@H](C)O)[C@H]3O2)C(=O)C1=O.[K+]. The number of rotatable bonds is 6. The molecular formula is C19H25KN4O8. The third-order valence-electron chi connectivity index (χ3n) is 5.72. The molecule has 2 fully saturated rings. The smallest absolute Gasteiger partial charge is 0.543 e. The number of ether oxygens (including phenoxy) is 1. The van der Waals surface area contributed by atoms with E-state index in [4.69, 9.17) is 4.74 Å². The number of fused-ring (bicyclic) bond motifs is 1. The number of aliphatic hydroxyl groups excluding tert-OH is 1. The van der Waals surface area contributed by atoms with E-state index in [0.29, 0.717) is 6.54 Å². The number of carbonyl (C=O) groups excluding carboxylic acids is 5. The fourth-order valence-electron chi connectivity index (χ4n) is 3.89. The van der Waals surface area contributed by atoms with E-state index in [9.17, 15) is 34.2 Å². The summed E-state index contributed by atoms with van der Waals surface area (Å²) in [6.07, 6.45) is -2.00. The van der Waals surface area contributed by atoms with Crippen molar-refractivity contribution in [3.63, 3.8) is 0 Å². The molecule has 3 heterocycles. The Balaban J connectivity index is 0.00000363. The fraction of sp³-hybridized carbons (Fsp3) is 0.632. The van der Waals surface area contributed by atoms with Crippen LogP contribution in [0, 0.1) is 11.3 Å². The molecule has 0 aromatic rings. The molecule has 0 aromatic carbocycles. The maximum absolute atomic E-state index is 12.5. The van der Waals surface area contributed by atoms with E-state index in [-0.39, 0.29) is 76.8 Å². The van der Waals surface area contributed by atoms with Gasteiger partial charge in [-0.2, -0.15) is 0 Å². The standard InChI is InChI=1S/C19H26N4O8.K/c1-5-21-6-7-22(15(27)14(21)26)18(30)20-8-19(3,4)12-11(17(28)29)23-13(25)10(9(2)24)16(23)31-12;/h9-10,16,24H,5-8H2,1-4H3,(H,20,30)(H,28,29);/q;+1/p-1/t9-,10+,16-;/m1./s1. The number of carboxylic acid groups (broad SMARTS) is 1. The van der Waals surface area contributed by atoms with Gasteiger partial charge in [-0.1, -0.05) is 13.8 Å². The van der Waals surface area contributed by atoms with Crippen LogP contribution in [-0.4, -0.2) is 88.0 Å². The van der Waals surface area contributed by atoms with Crippen LogP contribution in [-0.2, 0) is 23.9 Å². The molecule has 0 unspecified atom stereocenters. The molecule has 13 heteroatoms. The number of carboxylic acids is 1. The first-order valence-electron chi connectivity index (χ1n) is 9.94. The first-order chi connectivity index (χ1) is 14.4. The molecule has 12 nitrogen and oxygen atoms in total. The van der Waals surface area contributed by atoms with E-state index in [0.717, 1.165) is 9.80 Å². The van der Waals surface area contributed by atoms with Gasteiger partial charge < -0.3 is 30.0 Å². The Labute approximate surface area is 227 Å². The fourth-order valence-corrected chi connectivity index (χ4v) is 3.89. The number of piperazine rings is 1. The molecule has 2 N–H and O–H groups in total. The number of hydrogen-bond acceptors (Lipinski definition) is 8. The van der Waals surface area contributed by atoms with Crippen molar-refractivity contribution < 1.29 is 90.3 Å². The number of imide groups is 1.